The lowest BCUT2D eigenvalue weighted by Crippen LogP contribution is -2.08. The molecular weight excluding hydrogens is 216 g/mol. The molecule has 1 aromatic carbocycles. The standard InChI is InChI=1S/C14H20O3/c1-5-17-12-8-10(2)14(11(3)9-12)13(15)6-7-16-4/h8-9H,5-7H2,1-4H3. The SMILES string of the molecule is CCOc1cc(C)c(C(=O)CCOC)c(C)c1. The highest BCUT2D eigenvalue weighted by atomic mass is 16.5. The Morgan fingerprint density at radius 2 is 1.82 bits per heavy atom. The van der Waals surface area contributed by atoms with Gasteiger partial charge in [-0.25, -0.2) is 0 Å². The van der Waals surface area contributed by atoms with Crippen LogP contribution < -0.4 is 4.74 Å². The number of ether oxygens (including phenoxy) is 2. The molecule has 0 atom stereocenters. The second-order valence-corrected chi connectivity index (χ2v) is 4.03. The van der Waals surface area contributed by atoms with Crippen molar-refractivity contribution in [3.05, 3.63) is 28.8 Å². The van der Waals surface area contributed by atoms with Crippen LogP contribution in [0.25, 0.3) is 0 Å². The number of ketones is 1. The van der Waals surface area contributed by atoms with E-state index in [1.54, 1.807) is 7.11 Å². The molecule has 0 aliphatic rings. The lowest BCUT2D eigenvalue weighted by atomic mass is 9.97. The van der Waals surface area contributed by atoms with E-state index in [9.17, 15) is 4.79 Å². The van der Waals surface area contributed by atoms with E-state index in [0.29, 0.717) is 19.6 Å². The fourth-order valence-electron chi connectivity index (χ4n) is 1.93. The van der Waals surface area contributed by atoms with Crippen molar-refractivity contribution in [3.63, 3.8) is 0 Å². The number of benzene rings is 1. The predicted octanol–water partition coefficient (Wildman–Crippen LogP) is 2.92. The molecule has 0 N–H and O–H groups in total. The molecule has 0 amide bonds. The molecule has 0 bridgehead atoms. The molecule has 1 rings (SSSR count). The van der Waals surface area contributed by atoms with Crippen LogP contribution in [-0.4, -0.2) is 26.1 Å². The summed E-state index contributed by atoms with van der Waals surface area (Å²) in [6, 6.07) is 3.83. The molecule has 1 aromatic rings. The summed E-state index contributed by atoms with van der Waals surface area (Å²) in [4.78, 5) is 12.0. The van der Waals surface area contributed by atoms with Gasteiger partial charge in [-0.05, 0) is 44.0 Å². The summed E-state index contributed by atoms with van der Waals surface area (Å²) in [5, 5.41) is 0. The lowest BCUT2D eigenvalue weighted by molar-refractivity contribution is 0.0931. The number of hydrogen-bond donors (Lipinski definition) is 0. The van der Waals surface area contributed by atoms with E-state index in [4.69, 9.17) is 9.47 Å². The Morgan fingerprint density at radius 3 is 2.29 bits per heavy atom. The molecule has 94 valence electrons. The molecule has 3 nitrogen and oxygen atoms in total. The van der Waals surface area contributed by atoms with Gasteiger partial charge in [0.25, 0.3) is 0 Å². The monoisotopic (exact) mass is 236 g/mol. The Balaban J connectivity index is 2.96. The van der Waals surface area contributed by atoms with E-state index < -0.39 is 0 Å². The van der Waals surface area contributed by atoms with Gasteiger partial charge in [0.1, 0.15) is 5.75 Å². The van der Waals surface area contributed by atoms with Crippen molar-refractivity contribution in [1.82, 2.24) is 0 Å². The first-order chi connectivity index (χ1) is 8.10. The minimum atomic E-state index is 0.130. The van der Waals surface area contributed by atoms with Crippen LogP contribution in [0.1, 0.15) is 34.8 Å². The van der Waals surface area contributed by atoms with Gasteiger partial charge in [-0.2, -0.15) is 0 Å². The molecule has 0 spiro atoms. The van der Waals surface area contributed by atoms with Gasteiger partial charge in [0.2, 0.25) is 0 Å². The normalized spacial score (nSPS) is 10.4. The maximum absolute atomic E-state index is 12.0. The third-order valence-electron chi connectivity index (χ3n) is 2.63. The van der Waals surface area contributed by atoms with Crippen LogP contribution in [0.15, 0.2) is 12.1 Å². The number of carbonyl (C=O) groups is 1. The summed E-state index contributed by atoms with van der Waals surface area (Å²) in [5.74, 6) is 0.954. The number of hydrogen-bond acceptors (Lipinski definition) is 3. The van der Waals surface area contributed by atoms with Crippen molar-refractivity contribution in [3.8, 4) is 5.75 Å². The van der Waals surface area contributed by atoms with E-state index >= 15 is 0 Å². The third kappa shape index (κ3) is 3.56. The van der Waals surface area contributed by atoms with Crippen LogP contribution in [0.3, 0.4) is 0 Å². The third-order valence-corrected chi connectivity index (χ3v) is 2.63. The predicted molar refractivity (Wildman–Crippen MR) is 67.9 cm³/mol. The molecule has 0 aliphatic heterocycles. The minimum Gasteiger partial charge on any atom is -0.494 e. The Bertz CT molecular complexity index is 373. The van der Waals surface area contributed by atoms with Crippen LogP contribution in [0.4, 0.5) is 0 Å². The first-order valence-corrected chi connectivity index (χ1v) is 5.86. The van der Waals surface area contributed by atoms with Crippen molar-refractivity contribution in [2.24, 2.45) is 0 Å². The van der Waals surface area contributed by atoms with E-state index in [1.807, 2.05) is 32.9 Å². The van der Waals surface area contributed by atoms with Crippen molar-refractivity contribution in [2.45, 2.75) is 27.2 Å². The molecule has 0 saturated carbocycles. The van der Waals surface area contributed by atoms with Gasteiger partial charge in [0, 0.05) is 19.1 Å². The Morgan fingerprint density at radius 1 is 1.24 bits per heavy atom. The van der Waals surface area contributed by atoms with E-state index in [0.717, 1.165) is 22.4 Å². The van der Waals surface area contributed by atoms with Crippen LogP contribution >= 0.6 is 0 Å². The second-order valence-electron chi connectivity index (χ2n) is 4.03. The summed E-state index contributed by atoms with van der Waals surface area (Å²) in [6.45, 7) is 6.92. The zero-order valence-electron chi connectivity index (χ0n) is 11.0. The highest BCUT2D eigenvalue weighted by Crippen LogP contribution is 2.23. The number of Topliss-reactive ketones (excluding diaryl/α,β-unsaturated/α-hetero) is 1. The summed E-state index contributed by atoms with van der Waals surface area (Å²) < 4.78 is 10.4. The molecule has 0 unspecified atom stereocenters. The van der Waals surface area contributed by atoms with Gasteiger partial charge in [0.05, 0.1) is 13.2 Å². The van der Waals surface area contributed by atoms with Gasteiger partial charge in [-0.1, -0.05) is 0 Å². The molecule has 0 aliphatic carbocycles. The van der Waals surface area contributed by atoms with Crippen molar-refractivity contribution < 1.29 is 14.3 Å². The maximum Gasteiger partial charge on any atom is 0.165 e. The molecule has 0 saturated heterocycles. The lowest BCUT2D eigenvalue weighted by Gasteiger charge is -2.12. The zero-order chi connectivity index (χ0) is 12.8. The Labute approximate surface area is 103 Å². The fraction of sp³-hybridized carbons (Fsp3) is 0.500. The molecule has 0 aromatic heterocycles. The number of aryl methyl sites for hydroxylation is 2. The smallest absolute Gasteiger partial charge is 0.165 e. The fourth-order valence-corrected chi connectivity index (χ4v) is 1.93. The topological polar surface area (TPSA) is 35.5 Å². The molecule has 3 heteroatoms. The van der Waals surface area contributed by atoms with Gasteiger partial charge >= 0.3 is 0 Å². The van der Waals surface area contributed by atoms with Gasteiger partial charge in [-0.3, -0.25) is 4.79 Å². The highest BCUT2D eigenvalue weighted by molar-refractivity contribution is 5.99. The van der Waals surface area contributed by atoms with E-state index in [-0.39, 0.29) is 5.78 Å². The number of carbonyl (C=O) groups excluding carboxylic acids is 1. The average Bonchev–Trinajstić information content (AvgIpc) is 2.25. The Hall–Kier alpha value is -1.35. The summed E-state index contributed by atoms with van der Waals surface area (Å²) >= 11 is 0. The summed E-state index contributed by atoms with van der Waals surface area (Å²) in [6.07, 6.45) is 0.423. The highest BCUT2D eigenvalue weighted by Gasteiger charge is 2.13. The largest absolute Gasteiger partial charge is 0.494 e. The molecule has 17 heavy (non-hydrogen) atoms. The van der Waals surface area contributed by atoms with Crippen LogP contribution in [0.2, 0.25) is 0 Å². The van der Waals surface area contributed by atoms with E-state index in [1.165, 1.54) is 0 Å². The number of rotatable bonds is 6. The molecular formula is C14H20O3. The molecule has 0 heterocycles. The van der Waals surface area contributed by atoms with Crippen LogP contribution in [-0.2, 0) is 4.74 Å². The van der Waals surface area contributed by atoms with Crippen LogP contribution in [0.5, 0.6) is 5.75 Å². The van der Waals surface area contributed by atoms with Gasteiger partial charge < -0.3 is 9.47 Å². The first kappa shape index (κ1) is 13.7. The minimum absolute atomic E-state index is 0.130. The zero-order valence-corrected chi connectivity index (χ0v) is 11.0. The number of methoxy groups -OCH3 is 1. The second kappa shape index (κ2) is 6.40. The molecule has 0 radical (unpaired) electrons. The summed E-state index contributed by atoms with van der Waals surface area (Å²) in [7, 11) is 1.60. The first-order valence-electron chi connectivity index (χ1n) is 5.86. The average molecular weight is 236 g/mol. The van der Waals surface area contributed by atoms with E-state index in [2.05, 4.69) is 0 Å². The van der Waals surface area contributed by atoms with Gasteiger partial charge in [0.15, 0.2) is 5.78 Å². The summed E-state index contributed by atoms with van der Waals surface area (Å²) in [5.41, 5.74) is 2.73. The van der Waals surface area contributed by atoms with Crippen molar-refractivity contribution in [2.75, 3.05) is 20.3 Å². The van der Waals surface area contributed by atoms with Gasteiger partial charge in [-0.15, -0.1) is 0 Å². The van der Waals surface area contributed by atoms with Crippen molar-refractivity contribution in [1.29, 1.82) is 0 Å². The van der Waals surface area contributed by atoms with Crippen LogP contribution in [0, 0.1) is 13.8 Å². The maximum atomic E-state index is 12.0. The molecule has 0 fully saturated rings. The quantitative estimate of drug-likeness (QED) is 0.712. The van der Waals surface area contributed by atoms with Crippen molar-refractivity contribution >= 4 is 5.78 Å². The Kier molecular flexibility index (Phi) is 5.16.